The van der Waals surface area contributed by atoms with E-state index in [0.717, 1.165) is 4.47 Å². The van der Waals surface area contributed by atoms with Gasteiger partial charge in [0.05, 0.1) is 24.4 Å². The Morgan fingerprint density at radius 3 is 1.35 bits per heavy atom. The van der Waals surface area contributed by atoms with Gasteiger partial charge >= 0.3 is 0 Å². The summed E-state index contributed by atoms with van der Waals surface area (Å²) in [4.78, 5) is 0. The third-order valence-electron chi connectivity index (χ3n) is 3.41. The van der Waals surface area contributed by atoms with Crippen molar-refractivity contribution in [1.82, 2.24) is 0 Å². The molecule has 0 N–H and O–H groups in total. The lowest BCUT2D eigenvalue weighted by atomic mass is 9.85. The van der Waals surface area contributed by atoms with Gasteiger partial charge in [-0.2, -0.15) is 0 Å². The van der Waals surface area contributed by atoms with Crippen LogP contribution >= 0.6 is 15.9 Å². The smallest absolute Gasteiger partial charge is 0.0735 e. The maximum Gasteiger partial charge on any atom is 0.0735 e. The van der Waals surface area contributed by atoms with E-state index in [1.165, 1.54) is 16.7 Å². The van der Waals surface area contributed by atoms with E-state index in [1.807, 2.05) is 0 Å². The molecule has 0 saturated heterocycles. The SMILES string of the molecule is CC(C)(C)OCc1cc(C(C)(C)C)cc(COC(C)(C)C)c1Br. The van der Waals surface area contributed by atoms with Crippen LogP contribution in [-0.2, 0) is 28.1 Å². The van der Waals surface area contributed by atoms with E-state index in [0.29, 0.717) is 13.2 Å². The third kappa shape index (κ3) is 7.36. The molecule has 0 amide bonds. The summed E-state index contributed by atoms with van der Waals surface area (Å²) < 4.78 is 13.1. The molecule has 0 saturated carbocycles. The lowest BCUT2D eigenvalue weighted by Gasteiger charge is -2.26. The molecule has 0 spiro atoms. The van der Waals surface area contributed by atoms with E-state index in [2.05, 4.69) is 90.4 Å². The summed E-state index contributed by atoms with van der Waals surface area (Å²) in [5, 5.41) is 0. The van der Waals surface area contributed by atoms with E-state index in [1.54, 1.807) is 0 Å². The lowest BCUT2D eigenvalue weighted by molar-refractivity contribution is -0.0177. The Kier molecular flexibility index (Phi) is 6.51. The molecule has 1 aromatic carbocycles. The number of hydrogen-bond acceptors (Lipinski definition) is 2. The Morgan fingerprint density at radius 1 is 0.739 bits per heavy atom. The summed E-state index contributed by atoms with van der Waals surface area (Å²) in [6, 6.07) is 4.49. The summed E-state index contributed by atoms with van der Waals surface area (Å²) in [6.45, 7) is 20.4. The van der Waals surface area contributed by atoms with Crippen molar-refractivity contribution >= 4 is 15.9 Å². The van der Waals surface area contributed by atoms with E-state index < -0.39 is 0 Å². The van der Waals surface area contributed by atoms with Gasteiger partial charge in [-0.05, 0) is 63.6 Å². The zero-order chi connectivity index (χ0) is 18.1. The highest BCUT2D eigenvalue weighted by molar-refractivity contribution is 9.10. The third-order valence-corrected chi connectivity index (χ3v) is 4.43. The Balaban J connectivity index is 3.17. The number of halogens is 1. The molecule has 1 rings (SSSR count). The van der Waals surface area contributed by atoms with Crippen molar-refractivity contribution in [2.45, 2.75) is 92.1 Å². The van der Waals surface area contributed by atoms with Crippen LogP contribution in [0.5, 0.6) is 0 Å². The highest BCUT2D eigenvalue weighted by Gasteiger charge is 2.20. The minimum Gasteiger partial charge on any atom is -0.371 e. The molecule has 0 aliphatic heterocycles. The first-order valence-electron chi connectivity index (χ1n) is 8.29. The molecule has 0 radical (unpaired) electrons. The van der Waals surface area contributed by atoms with E-state index >= 15 is 0 Å². The second kappa shape index (κ2) is 7.25. The number of ether oxygens (including phenoxy) is 2. The fourth-order valence-electron chi connectivity index (χ4n) is 1.98. The zero-order valence-corrected chi connectivity index (χ0v) is 17.8. The predicted octanol–water partition coefficient (Wildman–Crippen LogP) is 6.38. The number of benzene rings is 1. The number of hydrogen-bond donors (Lipinski definition) is 0. The molecule has 2 nitrogen and oxygen atoms in total. The van der Waals surface area contributed by atoms with Crippen molar-refractivity contribution in [2.75, 3.05) is 0 Å². The van der Waals surface area contributed by atoms with Crippen LogP contribution in [0.3, 0.4) is 0 Å². The first-order valence-corrected chi connectivity index (χ1v) is 9.08. The Bertz CT molecular complexity index is 489. The van der Waals surface area contributed by atoms with Crippen LogP contribution in [0.4, 0.5) is 0 Å². The fraction of sp³-hybridized carbons (Fsp3) is 0.700. The Hall–Kier alpha value is -0.380. The average Bonchev–Trinajstić information content (AvgIpc) is 2.32. The van der Waals surface area contributed by atoms with Gasteiger partial charge in [-0.15, -0.1) is 0 Å². The molecule has 0 heterocycles. The summed E-state index contributed by atoms with van der Waals surface area (Å²) in [6.07, 6.45) is 0. The molecule has 3 heteroatoms. The molecule has 0 aliphatic rings. The minimum absolute atomic E-state index is 0.0909. The summed E-state index contributed by atoms with van der Waals surface area (Å²) in [5.74, 6) is 0. The fourth-order valence-corrected chi connectivity index (χ4v) is 2.44. The molecule has 23 heavy (non-hydrogen) atoms. The normalized spacial score (nSPS) is 13.5. The van der Waals surface area contributed by atoms with E-state index in [-0.39, 0.29) is 16.6 Å². The quantitative estimate of drug-likeness (QED) is 0.599. The molecule has 0 fully saturated rings. The van der Waals surface area contributed by atoms with E-state index in [9.17, 15) is 0 Å². The predicted molar refractivity (Wildman–Crippen MR) is 102 cm³/mol. The standard InChI is InChI=1S/C20H33BrO2/c1-18(2,3)16-10-14(12-22-19(4,5)6)17(21)15(11-16)13-23-20(7,8)9/h10-11H,12-13H2,1-9H3. The van der Waals surface area contributed by atoms with Crippen molar-refractivity contribution in [2.24, 2.45) is 0 Å². The molecular weight excluding hydrogens is 352 g/mol. The monoisotopic (exact) mass is 384 g/mol. The zero-order valence-electron chi connectivity index (χ0n) is 16.3. The maximum atomic E-state index is 5.99. The van der Waals surface area contributed by atoms with Gasteiger partial charge in [0.1, 0.15) is 0 Å². The van der Waals surface area contributed by atoms with Gasteiger partial charge in [0.15, 0.2) is 0 Å². The number of rotatable bonds is 4. The van der Waals surface area contributed by atoms with Gasteiger partial charge in [-0.1, -0.05) is 48.8 Å². The molecule has 0 aliphatic carbocycles. The molecule has 0 aromatic heterocycles. The van der Waals surface area contributed by atoms with Crippen LogP contribution in [0, 0.1) is 0 Å². The highest BCUT2D eigenvalue weighted by Crippen LogP contribution is 2.32. The molecule has 0 unspecified atom stereocenters. The molecule has 0 bridgehead atoms. The topological polar surface area (TPSA) is 18.5 Å². The van der Waals surface area contributed by atoms with Gasteiger partial charge < -0.3 is 9.47 Å². The average molecular weight is 385 g/mol. The second-order valence-corrected chi connectivity index (χ2v) is 9.95. The van der Waals surface area contributed by atoms with Gasteiger partial charge in [-0.3, -0.25) is 0 Å². The summed E-state index contributed by atoms with van der Waals surface area (Å²) in [7, 11) is 0. The summed E-state index contributed by atoms with van der Waals surface area (Å²) >= 11 is 3.76. The molecule has 0 atom stereocenters. The van der Waals surface area contributed by atoms with Crippen molar-refractivity contribution < 1.29 is 9.47 Å². The van der Waals surface area contributed by atoms with Gasteiger partial charge in [0.25, 0.3) is 0 Å². The van der Waals surface area contributed by atoms with Crippen molar-refractivity contribution in [3.8, 4) is 0 Å². The Morgan fingerprint density at radius 2 is 1.09 bits per heavy atom. The first-order chi connectivity index (χ1) is 10.2. The maximum absolute atomic E-state index is 5.99. The van der Waals surface area contributed by atoms with Crippen molar-refractivity contribution in [3.63, 3.8) is 0 Å². The van der Waals surface area contributed by atoms with Crippen LogP contribution in [0.15, 0.2) is 16.6 Å². The summed E-state index contributed by atoms with van der Waals surface area (Å²) in [5.41, 5.74) is 3.45. The second-order valence-electron chi connectivity index (χ2n) is 9.16. The van der Waals surface area contributed by atoms with Crippen molar-refractivity contribution in [3.05, 3.63) is 33.3 Å². The minimum atomic E-state index is -0.154. The molecular formula is C20H33BrO2. The van der Waals surface area contributed by atoms with Gasteiger partial charge in [-0.25, -0.2) is 0 Å². The highest BCUT2D eigenvalue weighted by atomic mass is 79.9. The van der Waals surface area contributed by atoms with Crippen molar-refractivity contribution in [1.29, 1.82) is 0 Å². The van der Waals surface area contributed by atoms with E-state index in [4.69, 9.17) is 9.47 Å². The Labute approximate surface area is 151 Å². The first kappa shape index (κ1) is 20.7. The van der Waals surface area contributed by atoms with Crippen LogP contribution in [0.2, 0.25) is 0 Å². The van der Waals surface area contributed by atoms with Gasteiger partial charge in [0.2, 0.25) is 0 Å². The van der Waals surface area contributed by atoms with Gasteiger partial charge in [0, 0.05) is 4.47 Å². The largest absolute Gasteiger partial charge is 0.371 e. The van der Waals surface area contributed by atoms with Crippen LogP contribution in [0.25, 0.3) is 0 Å². The molecule has 132 valence electrons. The molecule has 1 aromatic rings. The van der Waals surface area contributed by atoms with Crippen LogP contribution in [0.1, 0.15) is 79.0 Å². The van der Waals surface area contributed by atoms with Crippen LogP contribution < -0.4 is 0 Å². The van der Waals surface area contributed by atoms with Crippen LogP contribution in [-0.4, -0.2) is 11.2 Å². The lowest BCUT2D eigenvalue weighted by Crippen LogP contribution is -2.21.